The van der Waals surface area contributed by atoms with Crippen molar-refractivity contribution in [3.05, 3.63) is 60.6 Å². The molecule has 0 spiro atoms. The van der Waals surface area contributed by atoms with E-state index in [0.29, 0.717) is 0 Å². The Hall–Kier alpha value is -2.62. The van der Waals surface area contributed by atoms with Gasteiger partial charge in [0.05, 0.1) is 11.4 Å². The van der Waals surface area contributed by atoms with Crippen LogP contribution in [-0.2, 0) is 0 Å². The standard InChI is InChI=1S/C15H13N3O/c1-11-4-5-13(9-15(11)19)18-8-6-14(17-18)12-3-2-7-16-10-12/h2-10,19H,1H3. The van der Waals surface area contributed by atoms with Crippen molar-refractivity contribution in [1.82, 2.24) is 14.8 Å². The van der Waals surface area contributed by atoms with Crippen LogP contribution in [0.3, 0.4) is 0 Å². The van der Waals surface area contributed by atoms with E-state index >= 15 is 0 Å². The van der Waals surface area contributed by atoms with Crippen LogP contribution in [0, 0.1) is 6.92 Å². The van der Waals surface area contributed by atoms with Crippen LogP contribution >= 0.6 is 0 Å². The van der Waals surface area contributed by atoms with E-state index in [1.165, 1.54) is 0 Å². The fourth-order valence-corrected chi connectivity index (χ4v) is 1.88. The molecule has 2 aromatic heterocycles. The highest BCUT2D eigenvalue weighted by Crippen LogP contribution is 2.21. The molecule has 0 radical (unpaired) electrons. The maximum absolute atomic E-state index is 9.73. The average molecular weight is 251 g/mol. The van der Waals surface area contributed by atoms with Crippen LogP contribution in [0.2, 0.25) is 0 Å². The Morgan fingerprint density at radius 2 is 2.05 bits per heavy atom. The van der Waals surface area contributed by atoms with Crippen molar-refractivity contribution < 1.29 is 5.11 Å². The van der Waals surface area contributed by atoms with Gasteiger partial charge in [0.15, 0.2) is 0 Å². The van der Waals surface area contributed by atoms with Crippen molar-refractivity contribution in [3.8, 4) is 22.7 Å². The summed E-state index contributed by atoms with van der Waals surface area (Å²) < 4.78 is 1.74. The summed E-state index contributed by atoms with van der Waals surface area (Å²) in [5.74, 6) is 0.274. The van der Waals surface area contributed by atoms with Crippen molar-refractivity contribution in [2.75, 3.05) is 0 Å². The summed E-state index contributed by atoms with van der Waals surface area (Å²) in [5, 5.41) is 14.2. The molecule has 4 heteroatoms. The van der Waals surface area contributed by atoms with Gasteiger partial charge in [-0.3, -0.25) is 4.98 Å². The molecule has 2 heterocycles. The summed E-state index contributed by atoms with van der Waals surface area (Å²) in [5.41, 5.74) is 3.51. The predicted octanol–water partition coefficient (Wildman–Crippen LogP) is 2.95. The normalized spacial score (nSPS) is 10.6. The highest BCUT2D eigenvalue weighted by atomic mass is 16.3. The maximum atomic E-state index is 9.73. The summed E-state index contributed by atoms with van der Waals surface area (Å²) in [7, 11) is 0. The zero-order chi connectivity index (χ0) is 13.2. The Labute approximate surface area is 111 Å². The number of aryl methyl sites for hydroxylation is 1. The van der Waals surface area contributed by atoms with E-state index in [9.17, 15) is 5.11 Å². The number of rotatable bonds is 2. The Balaban J connectivity index is 1.99. The van der Waals surface area contributed by atoms with E-state index in [0.717, 1.165) is 22.5 Å². The zero-order valence-electron chi connectivity index (χ0n) is 10.5. The van der Waals surface area contributed by atoms with Gasteiger partial charge in [-0.1, -0.05) is 6.07 Å². The third-order valence-corrected chi connectivity index (χ3v) is 3.00. The molecule has 0 atom stereocenters. The molecular formula is C15H13N3O. The highest BCUT2D eigenvalue weighted by molar-refractivity contribution is 5.57. The quantitative estimate of drug-likeness (QED) is 0.761. The zero-order valence-corrected chi connectivity index (χ0v) is 10.5. The molecule has 0 aliphatic heterocycles. The molecule has 0 aliphatic rings. The van der Waals surface area contributed by atoms with E-state index in [-0.39, 0.29) is 5.75 Å². The second kappa shape index (κ2) is 4.57. The van der Waals surface area contributed by atoms with Crippen LogP contribution in [0.1, 0.15) is 5.56 Å². The number of phenols is 1. The van der Waals surface area contributed by atoms with Gasteiger partial charge >= 0.3 is 0 Å². The molecule has 0 fully saturated rings. The minimum atomic E-state index is 0.274. The van der Waals surface area contributed by atoms with Gasteiger partial charge in [-0.2, -0.15) is 5.10 Å². The summed E-state index contributed by atoms with van der Waals surface area (Å²) in [6.45, 7) is 1.86. The first kappa shape index (κ1) is 11.5. The van der Waals surface area contributed by atoms with Crippen LogP contribution in [0.15, 0.2) is 55.0 Å². The van der Waals surface area contributed by atoms with Gasteiger partial charge < -0.3 is 5.11 Å². The maximum Gasteiger partial charge on any atom is 0.120 e. The van der Waals surface area contributed by atoms with Gasteiger partial charge in [0, 0.05) is 30.2 Å². The van der Waals surface area contributed by atoms with E-state index in [1.54, 1.807) is 23.1 Å². The molecule has 0 saturated carbocycles. The van der Waals surface area contributed by atoms with Crippen LogP contribution in [0.4, 0.5) is 0 Å². The summed E-state index contributed by atoms with van der Waals surface area (Å²) >= 11 is 0. The molecule has 4 nitrogen and oxygen atoms in total. The molecule has 1 aromatic carbocycles. The number of aromatic nitrogens is 3. The number of nitrogens with zero attached hydrogens (tertiary/aromatic N) is 3. The predicted molar refractivity (Wildman–Crippen MR) is 73.2 cm³/mol. The van der Waals surface area contributed by atoms with Gasteiger partial charge in [0.2, 0.25) is 0 Å². The molecule has 0 amide bonds. The highest BCUT2D eigenvalue weighted by Gasteiger charge is 2.05. The molecule has 19 heavy (non-hydrogen) atoms. The Morgan fingerprint density at radius 3 is 2.79 bits per heavy atom. The molecule has 3 rings (SSSR count). The molecule has 3 aromatic rings. The third kappa shape index (κ3) is 2.20. The smallest absolute Gasteiger partial charge is 0.120 e. The van der Waals surface area contributed by atoms with Crippen molar-refractivity contribution in [1.29, 1.82) is 0 Å². The SMILES string of the molecule is Cc1ccc(-n2ccc(-c3cccnc3)n2)cc1O. The molecule has 0 unspecified atom stereocenters. The topological polar surface area (TPSA) is 50.9 Å². The van der Waals surface area contributed by atoms with Crippen LogP contribution in [0.5, 0.6) is 5.75 Å². The summed E-state index contributed by atoms with van der Waals surface area (Å²) in [4.78, 5) is 4.08. The number of hydrogen-bond donors (Lipinski definition) is 1. The average Bonchev–Trinajstić information content (AvgIpc) is 2.93. The first-order valence-electron chi connectivity index (χ1n) is 6.00. The number of hydrogen-bond acceptors (Lipinski definition) is 3. The van der Waals surface area contributed by atoms with E-state index in [2.05, 4.69) is 10.1 Å². The fraction of sp³-hybridized carbons (Fsp3) is 0.0667. The van der Waals surface area contributed by atoms with E-state index in [4.69, 9.17) is 0 Å². The Bertz CT molecular complexity index is 704. The molecule has 1 N–H and O–H groups in total. The number of aromatic hydroxyl groups is 1. The fourth-order valence-electron chi connectivity index (χ4n) is 1.88. The lowest BCUT2D eigenvalue weighted by molar-refractivity contribution is 0.470. The number of pyridine rings is 1. The second-order valence-corrected chi connectivity index (χ2v) is 4.36. The Kier molecular flexibility index (Phi) is 2.76. The third-order valence-electron chi connectivity index (χ3n) is 3.00. The molecule has 94 valence electrons. The molecule has 0 saturated heterocycles. The monoisotopic (exact) mass is 251 g/mol. The first-order valence-corrected chi connectivity index (χ1v) is 6.00. The largest absolute Gasteiger partial charge is 0.508 e. The number of phenolic OH excluding ortho intramolecular Hbond substituents is 1. The van der Waals surface area contributed by atoms with Crippen molar-refractivity contribution >= 4 is 0 Å². The van der Waals surface area contributed by atoms with Crippen LogP contribution in [-0.4, -0.2) is 19.9 Å². The van der Waals surface area contributed by atoms with Crippen molar-refractivity contribution in [3.63, 3.8) is 0 Å². The van der Waals surface area contributed by atoms with Crippen LogP contribution in [0.25, 0.3) is 16.9 Å². The van der Waals surface area contributed by atoms with Crippen LogP contribution < -0.4 is 0 Å². The van der Waals surface area contributed by atoms with E-state index < -0.39 is 0 Å². The lowest BCUT2D eigenvalue weighted by Gasteiger charge is -2.04. The molecule has 0 bridgehead atoms. The molecular weight excluding hydrogens is 238 g/mol. The summed E-state index contributed by atoms with van der Waals surface area (Å²) in [6.07, 6.45) is 5.38. The van der Waals surface area contributed by atoms with Crippen molar-refractivity contribution in [2.24, 2.45) is 0 Å². The summed E-state index contributed by atoms with van der Waals surface area (Å²) in [6, 6.07) is 11.3. The second-order valence-electron chi connectivity index (χ2n) is 4.36. The lowest BCUT2D eigenvalue weighted by Crippen LogP contribution is -1.95. The van der Waals surface area contributed by atoms with Gasteiger partial charge in [-0.05, 0) is 36.8 Å². The van der Waals surface area contributed by atoms with Crippen molar-refractivity contribution in [2.45, 2.75) is 6.92 Å². The van der Waals surface area contributed by atoms with E-state index in [1.807, 2.05) is 43.5 Å². The van der Waals surface area contributed by atoms with Gasteiger partial charge in [-0.15, -0.1) is 0 Å². The first-order chi connectivity index (χ1) is 9.24. The lowest BCUT2D eigenvalue weighted by atomic mass is 10.2. The number of benzene rings is 1. The van der Waals surface area contributed by atoms with Gasteiger partial charge in [0.25, 0.3) is 0 Å². The Morgan fingerprint density at radius 1 is 1.16 bits per heavy atom. The molecule has 0 aliphatic carbocycles. The minimum absolute atomic E-state index is 0.274. The van der Waals surface area contributed by atoms with Gasteiger partial charge in [-0.25, -0.2) is 4.68 Å². The van der Waals surface area contributed by atoms with Gasteiger partial charge in [0.1, 0.15) is 5.75 Å². The minimum Gasteiger partial charge on any atom is -0.508 e.